The number of esters is 1. The van der Waals surface area contributed by atoms with Gasteiger partial charge in [-0.25, -0.2) is 4.79 Å². The molecule has 0 heterocycles. The van der Waals surface area contributed by atoms with E-state index in [4.69, 9.17) is 0 Å². The number of nitrogens with one attached hydrogen (secondary N) is 1. The van der Waals surface area contributed by atoms with E-state index in [1.54, 1.807) is 42.5 Å². The van der Waals surface area contributed by atoms with Crippen LogP contribution in [0.3, 0.4) is 0 Å². The highest BCUT2D eigenvalue weighted by Crippen LogP contribution is 2.17. The number of hydrogen-bond donors (Lipinski definition) is 1. The lowest BCUT2D eigenvalue weighted by atomic mass is 10.1. The number of benzene rings is 2. The molecule has 0 aromatic heterocycles. The highest BCUT2D eigenvalue weighted by Gasteiger charge is 2.07. The topological polar surface area (TPSA) is 55.4 Å². The summed E-state index contributed by atoms with van der Waals surface area (Å²) in [5.74, 6) is -0.645. The van der Waals surface area contributed by atoms with Gasteiger partial charge >= 0.3 is 5.97 Å². The minimum atomic E-state index is -0.445. The zero-order valence-corrected chi connectivity index (χ0v) is 11.6. The minimum Gasteiger partial charge on any atom is -0.466 e. The van der Waals surface area contributed by atoms with Gasteiger partial charge in [0.2, 0.25) is 0 Å². The van der Waals surface area contributed by atoms with Gasteiger partial charge in [-0.05, 0) is 29.8 Å². The van der Waals surface area contributed by atoms with Crippen LogP contribution in [0, 0.1) is 0 Å². The Hall–Kier alpha value is -2.88. The number of ether oxygens (including phenoxy) is 1. The Morgan fingerprint density at radius 1 is 1.00 bits per heavy atom. The number of amides is 1. The minimum absolute atomic E-state index is 0.200. The molecule has 0 atom stereocenters. The third-order valence-electron chi connectivity index (χ3n) is 2.85. The van der Waals surface area contributed by atoms with Gasteiger partial charge in [0.1, 0.15) is 0 Å². The van der Waals surface area contributed by atoms with E-state index in [0.717, 1.165) is 5.56 Å². The predicted octanol–water partition coefficient (Wildman–Crippen LogP) is 3.13. The highest BCUT2D eigenvalue weighted by atomic mass is 16.5. The second-order valence-electron chi connectivity index (χ2n) is 4.26. The summed E-state index contributed by atoms with van der Waals surface area (Å²) >= 11 is 0. The third-order valence-corrected chi connectivity index (χ3v) is 2.85. The van der Waals surface area contributed by atoms with Gasteiger partial charge in [-0.1, -0.05) is 36.4 Å². The first kappa shape index (κ1) is 14.5. The normalized spacial score (nSPS) is 10.3. The van der Waals surface area contributed by atoms with Crippen molar-refractivity contribution in [3.8, 4) is 0 Å². The summed E-state index contributed by atoms with van der Waals surface area (Å²) in [6.07, 6.45) is 2.92. The van der Waals surface area contributed by atoms with Gasteiger partial charge in [0, 0.05) is 17.3 Å². The first-order chi connectivity index (χ1) is 10.2. The zero-order valence-electron chi connectivity index (χ0n) is 11.6. The molecule has 0 bridgehead atoms. The summed E-state index contributed by atoms with van der Waals surface area (Å²) in [4.78, 5) is 23.3. The van der Waals surface area contributed by atoms with Crippen molar-refractivity contribution in [3.05, 3.63) is 71.8 Å². The largest absolute Gasteiger partial charge is 0.466 e. The van der Waals surface area contributed by atoms with E-state index in [9.17, 15) is 9.59 Å². The Labute approximate surface area is 123 Å². The van der Waals surface area contributed by atoms with Crippen molar-refractivity contribution >= 4 is 23.6 Å². The first-order valence-electron chi connectivity index (χ1n) is 6.42. The van der Waals surface area contributed by atoms with Crippen molar-refractivity contribution in [2.75, 3.05) is 12.4 Å². The number of para-hydroxylation sites is 1. The molecule has 0 fully saturated rings. The molecule has 0 aliphatic rings. The average Bonchev–Trinajstić information content (AvgIpc) is 2.54. The number of carbonyl (C=O) groups excluding carboxylic acids is 2. The van der Waals surface area contributed by atoms with Crippen molar-refractivity contribution < 1.29 is 14.3 Å². The monoisotopic (exact) mass is 281 g/mol. The number of hydrogen-bond acceptors (Lipinski definition) is 3. The molecule has 2 aromatic carbocycles. The van der Waals surface area contributed by atoms with E-state index >= 15 is 0 Å². The van der Waals surface area contributed by atoms with Gasteiger partial charge in [0.25, 0.3) is 5.91 Å². The lowest BCUT2D eigenvalue weighted by molar-refractivity contribution is -0.134. The van der Waals surface area contributed by atoms with E-state index in [2.05, 4.69) is 10.1 Å². The molecule has 4 nitrogen and oxygen atoms in total. The third kappa shape index (κ3) is 4.04. The van der Waals surface area contributed by atoms with Gasteiger partial charge in [-0.15, -0.1) is 0 Å². The van der Waals surface area contributed by atoms with Crippen LogP contribution in [0.25, 0.3) is 6.08 Å². The lowest BCUT2D eigenvalue weighted by Crippen LogP contribution is -2.12. The maximum Gasteiger partial charge on any atom is 0.330 e. The molecule has 0 spiro atoms. The smallest absolute Gasteiger partial charge is 0.330 e. The summed E-state index contributed by atoms with van der Waals surface area (Å²) in [5.41, 5.74) is 1.93. The van der Waals surface area contributed by atoms with Gasteiger partial charge < -0.3 is 10.1 Å². The number of rotatable bonds is 4. The standard InChI is InChI=1S/C17H15NO3/c1-21-16(19)12-11-13-7-5-6-10-15(13)18-17(20)14-8-3-2-4-9-14/h2-12H,1H3,(H,18,20). The molecule has 106 valence electrons. The van der Waals surface area contributed by atoms with E-state index < -0.39 is 5.97 Å². The fourth-order valence-corrected chi connectivity index (χ4v) is 1.77. The molecular weight excluding hydrogens is 266 g/mol. The van der Waals surface area contributed by atoms with Gasteiger partial charge in [0.05, 0.1) is 7.11 Å². The lowest BCUT2D eigenvalue weighted by Gasteiger charge is -2.08. The van der Waals surface area contributed by atoms with Crippen molar-refractivity contribution in [3.63, 3.8) is 0 Å². The second kappa shape index (κ2) is 7.05. The Morgan fingerprint density at radius 3 is 2.38 bits per heavy atom. The van der Waals surface area contributed by atoms with Crippen LogP contribution in [0.2, 0.25) is 0 Å². The quantitative estimate of drug-likeness (QED) is 0.692. The molecule has 4 heteroatoms. The Bertz CT molecular complexity index is 663. The maximum atomic E-state index is 12.1. The van der Waals surface area contributed by atoms with Gasteiger partial charge in [0.15, 0.2) is 0 Å². The molecule has 2 rings (SSSR count). The first-order valence-corrected chi connectivity index (χ1v) is 6.42. The Morgan fingerprint density at radius 2 is 1.67 bits per heavy atom. The molecule has 21 heavy (non-hydrogen) atoms. The summed E-state index contributed by atoms with van der Waals surface area (Å²) < 4.78 is 4.55. The molecule has 2 aromatic rings. The average molecular weight is 281 g/mol. The summed E-state index contributed by atoms with van der Waals surface area (Å²) in [6.45, 7) is 0. The second-order valence-corrected chi connectivity index (χ2v) is 4.26. The fourth-order valence-electron chi connectivity index (χ4n) is 1.77. The van der Waals surface area contributed by atoms with Crippen LogP contribution < -0.4 is 5.32 Å². The summed E-state index contributed by atoms with van der Waals surface area (Å²) in [6, 6.07) is 16.2. The van der Waals surface area contributed by atoms with Crippen LogP contribution in [-0.2, 0) is 9.53 Å². The predicted molar refractivity (Wildman–Crippen MR) is 81.9 cm³/mol. The SMILES string of the molecule is COC(=O)C=Cc1ccccc1NC(=O)c1ccccc1. The van der Waals surface area contributed by atoms with Crippen LogP contribution in [-0.4, -0.2) is 19.0 Å². The molecule has 0 saturated heterocycles. The van der Waals surface area contributed by atoms with Crippen molar-refractivity contribution in [2.24, 2.45) is 0 Å². The molecule has 0 aliphatic heterocycles. The van der Waals surface area contributed by atoms with Gasteiger partial charge in [-0.2, -0.15) is 0 Å². The number of anilines is 1. The van der Waals surface area contributed by atoms with E-state index in [0.29, 0.717) is 11.3 Å². The van der Waals surface area contributed by atoms with Crippen LogP contribution in [0.5, 0.6) is 0 Å². The van der Waals surface area contributed by atoms with Crippen molar-refractivity contribution in [1.82, 2.24) is 0 Å². The maximum absolute atomic E-state index is 12.1. The van der Waals surface area contributed by atoms with Gasteiger partial charge in [-0.3, -0.25) is 4.79 Å². The van der Waals surface area contributed by atoms with E-state index in [1.807, 2.05) is 18.2 Å². The van der Waals surface area contributed by atoms with E-state index in [1.165, 1.54) is 13.2 Å². The Balaban J connectivity index is 2.19. The fraction of sp³-hybridized carbons (Fsp3) is 0.0588. The van der Waals surface area contributed by atoms with Crippen LogP contribution in [0.1, 0.15) is 15.9 Å². The number of carbonyl (C=O) groups is 2. The van der Waals surface area contributed by atoms with Crippen molar-refractivity contribution in [1.29, 1.82) is 0 Å². The Kier molecular flexibility index (Phi) is 4.88. The molecule has 0 unspecified atom stereocenters. The molecule has 0 radical (unpaired) electrons. The zero-order chi connectivity index (χ0) is 15.1. The van der Waals surface area contributed by atoms with Crippen LogP contribution in [0.15, 0.2) is 60.7 Å². The van der Waals surface area contributed by atoms with E-state index in [-0.39, 0.29) is 5.91 Å². The number of methoxy groups -OCH3 is 1. The van der Waals surface area contributed by atoms with Crippen LogP contribution in [0.4, 0.5) is 5.69 Å². The molecule has 0 aliphatic carbocycles. The molecular formula is C17H15NO3. The highest BCUT2D eigenvalue weighted by molar-refractivity contribution is 6.05. The molecule has 1 N–H and O–H groups in total. The summed E-state index contributed by atoms with van der Waals surface area (Å²) in [5, 5.41) is 2.83. The molecule has 0 saturated carbocycles. The molecule has 1 amide bonds. The van der Waals surface area contributed by atoms with Crippen molar-refractivity contribution in [2.45, 2.75) is 0 Å². The van der Waals surface area contributed by atoms with Crippen LogP contribution >= 0.6 is 0 Å². The summed E-state index contributed by atoms with van der Waals surface area (Å²) in [7, 11) is 1.32.